The third-order valence-electron chi connectivity index (χ3n) is 6.37. The second-order valence-electron chi connectivity index (χ2n) is 11.1. The molecule has 1 aliphatic rings. The molecule has 156 valence electrons. The molecule has 0 saturated heterocycles. The molecule has 0 N–H and O–H groups in total. The monoisotopic (exact) mass is 648 g/mol. The van der Waals surface area contributed by atoms with Crippen LogP contribution in [0.4, 0.5) is 0 Å². The normalized spacial score (nSPS) is 15.7. The van der Waals surface area contributed by atoms with Crippen LogP contribution in [-0.2, 0) is 0 Å². The predicted octanol–water partition coefficient (Wildman–Crippen LogP) is 6.43. The van der Waals surface area contributed by atoms with E-state index in [1.165, 1.54) is 44.6 Å². The molecule has 0 fully saturated rings. The van der Waals surface area contributed by atoms with Crippen LogP contribution in [0.3, 0.4) is 0 Å². The van der Waals surface area contributed by atoms with Gasteiger partial charge in [-0.2, -0.15) is 0 Å². The summed E-state index contributed by atoms with van der Waals surface area (Å²) in [6.07, 6.45) is 8.54. The molecular formula is C23H40S2SiSn2. The van der Waals surface area contributed by atoms with E-state index in [4.69, 9.17) is 0 Å². The summed E-state index contributed by atoms with van der Waals surface area (Å²) in [6, 6.07) is 6.93. The fourth-order valence-electron chi connectivity index (χ4n) is 4.35. The van der Waals surface area contributed by atoms with Crippen LogP contribution in [0.1, 0.15) is 45.4 Å². The molecule has 0 aromatic carbocycles. The van der Waals surface area contributed by atoms with Gasteiger partial charge in [-0.25, -0.2) is 0 Å². The molecule has 0 saturated carbocycles. The summed E-state index contributed by atoms with van der Waals surface area (Å²) in [5, 5.41) is 3.68. The average Bonchev–Trinajstić information content (AvgIpc) is 3.24. The Morgan fingerprint density at radius 3 is 1.57 bits per heavy atom. The van der Waals surface area contributed by atoms with E-state index in [0.29, 0.717) is 0 Å². The number of rotatable bonds is 9. The van der Waals surface area contributed by atoms with Gasteiger partial charge in [-0.1, -0.05) is 0 Å². The van der Waals surface area contributed by atoms with E-state index >= 15 is 0 Å². The van der Waals surface area contributed by atoms with E-state index in [1.807, 2.05) is 10.4 Å². The molecule has 0 amide bonds. The van der Waals surface area contributed by atoms with E-state index in [-0.39, 0.29) is 0 Å². The van der Waals surface area contributed by atoms with Crippen LogP contribution in [0.2, 0.25) is 42.2 Å². The Kier molecular flexibility index (Phi) is 7.66. The maximum absolute atomic E-state index is 2.73. The molecule has 0 nitrogen and oxygen atoms in total. The standard InChI is InChI=1S/C17H22S2Si.6CH3.2Sn/c1-3-4-5-6-7-8-13-20(2)14-9-11-18-16(14)17-15(20)10-12-19-17;;;;;;;;/h9-10H,3-8,13H2,1-2H3;6*1H3;;. The summed E-state index contributed by atoms with van der Waals surface area (Å²) in [4.78, 5) is 19.0. The minimum absolute atomic E-state index is 1.35. The van der Waals surface area contributed by atoms with Crippen molar-refractivity contribution in [2.75, 3.05) is 0 Å². The van der Waals surface area contributed by atoms with Gasteiger partial charge in [0.15, 0.2) is 0 Å². The van der Waals surface area contributed by atoms with Crippen molar-refractivity contribution in [3.05, 3.63) is 12.1 Å². The van der Waals surface area contributed by atoms with Gasteiger partial charge in [0.1, 0.15) is 0 Å². The SMILES string of the molecule is CCCCCCCC[Si]1(C)c2c[c]([Sn]([CH3])([CH3])[CH3])sc2-c2s[c]([Sn]([CH3])([CH3])[CH3])cc21. The first-order chi connectivity index (χ1) is 13.0. The summed E-state index contributed by atoms with van der Waals surface area (Å²) in [7, 11) is -1.52. The Bertz CT molecular complexity index is 763. The summed E-state index contributed by atoms with van der Waals surface area (Å²) in [5.41, 5.74) is 0. The van der Waals surface area contributed by atoms with Gasteiger partial charge in [-0.05, 0) is 0 Å². The van der Waals surface area contributed by atoms with Gasteiger partial charge >= 0.3 is 193 Å². The number of fused-ring (bicyclic) bond motifs is 3. The first-order valence-corrected chi connectivity index (χ1v) is 35.6. The second-order valence-corrected chi connectivity index (χ2v) is 48.2. The van der Waals surface area contributed by atoms with Crippen LogP contribution >= 0.6 is 22.7 Å². The quantitative estimate of drug-likeness (QED) is 0.218. The van der Waals surface area contributed by atoms with Crippen LogP contribution in [0.5, 0.6) is 0 Å². The Balaban J connectivity index is 1.93. The zero-order valence-corrected chi connectivity index (χ0v) is 27.8. The summed E-state index contributed by atoms with van der Waals surface area (Å²) in [5.74, 6) is 0. The molecule has 1 aliphatic heterocycles. The van der Waals surface area contributed by atoms with Gasteiger partial charge in [0.2, 0.25) is 0 Å². The van der Waals surface area contributed by atoms with Crippen molar-refractivity contribution in [2.24, 2.45) is 0 Å². The molecule has 0 atom stereocenters. The molecule has 3 heterocycles. The zero-order valence-electron chi connectivity index (χ0n) is 19.4. The van der Waals surface area contributed by atoms with Gasteiger partial charge in [-0.3, -0.25) is 0 Å². The Morgan fingerprint density at radius 2 is 1.14 bits per heavy atom. The van der Waals surface area contributed by atoms with Crippen molar-refractivity contribution in [1.82, 2.24) is 0 Å². The Hall–Kier alpha value is 1.21. The summed E-state index contributed by atoms with van der Waals surface area (Å²) >= 11 is 0.409. The van der Waals surface area contributed by atoms with E-state index in [9.17, 15) is 0 Å². The van der Waals surface area contributed by atoms with Gasteiger partial charge in [0, 0.05) is 0 Å². The van der Waals surface area contributed by atoms with Crippen LogP contribution in [0.25, 0.3) is 9.75 Å². The average molecular weight is 646 g/mol. The molecule has 3 rings (SSSR count). The van der Waals surface area contributed by atoms with E-state index in [2.05, 4.69) is 77.9 Å². The topological polar surface area (TPSA) is 0 Å². The predicted molar refractivity (Wildman–Crippen MR) is 143 cm³/mol. The van der Waals surface area contributed by atoms with Crippen LogP contribution in [-0.4, -0.2) is 44.8 Å². The molecule has 2 aromatic rings. The molecule has 0 aliphatic carbocycles. The fraction of sp³-hybridized carbons (Fsp3) is 0.652. The third kappa shape index (κ3) is 4.83. The van der Waals surface area contributed by atoms with Crippen molar-refractivity contribution < 1.29 is 0 Å². The first-order valence-electron chi connectivity index (χ1n) is 11.3. The van der Waals surface area contributed by atoms with Crippen molar-refractivity contribution in [2.45, 2.75) is 87.7 Å². The van der Waals surface area contributed by atoms with Crippen molar-refractivity contribution in [3.8, 4) is 9.75 Å². The Labute approximate surface area is 191 Å². The van der Waals surface area contributed by atoms with Gasteiger partial charge in [-0.15, -0.1) is 0 Å². The molecule has 0 spiro atoms. The van der Waals surface area contributed by atoms with E-state index in [1.54, 1.807) is 15.5 Å². The summed E-state index contributed by atoms with van der Waals surface area (Å²) in [6.45, 7) is 5.03. The first kappa shape index (κ1) is 23.9. The van der Waals surface area contributed by atoms with Crippen LogP contribution in [0, 0.1) is 0 Å². The molecular weight excluding hydrogens is 606 g/mol. The number of hydrogen-bond acceptors (Lipinski definition) is 2. The second kappa shape index (κ2) is 8.99. The molecule has 28 heavy (non-hydrogen) atoms. The van der Waals surface area contributed by atoms with Crippen molar-refractivity contribution in [3.63, 3.8) is 0 Å². The van der Waals surface area contributed by atoms with Crippen molar-refractivity contribution in [1.29, 1.82) is 0 Å². The molecule has 5 heteroatoms. The molecule has 2 aromatic heterocycles. The van der Waals surface area contributed by atoms with Gasteiger partial charge in [0.25, 0.3) is 0 Å². The van der Waals surface area contributed by atoms with E-state index < -0.39 is 44.8 Å². The van der Waals surface area contributed by atoms with E-state index in [0.717, 1.165) is 0 Å². The van der Waals surface area contributed by atoms with Gasteiger partial charge in [0.05, 0.1) is 0 Å². The van der Waals surface area contributed by atoms with Crippen molar-refractivity contribution >= 4 is 83.7 Å². The zero-order chi connectivity index (χ0) is 20.7. The van der Waals surface area contributed by atoms with Crippen LogP contribution in [0.15, 0.2) is 12.1 Å². The number of thiophene rings is 2. The molecule has 0 unspecified atom stereocenters. The minimum atomic E-state index is -2.01. The van der Waals surface area contributed by atoms with Gasteiger partial charge < -0.3 is 0 Å². The number of hydrogen-bond donors (Lipinski definition) is 0. The van der Waals surface area contributed by atoms with Crippen LogP contribution < -0.4 is 16.2 Å². The summed E-state index contributed by atoms with van der Waals surface area (Å²) < 4.78 is 3.61. The molecule has 0 radical (unpaired) electrons. The maximum atomic E-state index is 2.73. The Morgan fingerprint density at radius 1 is 0.714 bits per heavy atom. The third-order valence-corrected chi connectivity index (χ3v) is 32.5. The number of unbranched alkanes of at least 4 members (excludes halogenated alkanes) is 5. The molecule has 0 bridgehead atoms. The fourth-order valence-corrected chi connectivity index (χ4v) is 23.9.